The lowest BCUT2D eigenvalue weighted by Crippen LogP contribution is -2.54. The molecule has 1 aromatic rings. The fraction of sp³-hybridized carbons (Fsp3) is 0.467. The summed E-state index contributed by atoms with van der Waals surface area (Å²) in [6, 6.07) is 3.85. The topological polar surface area (TPSA) is 62.6 Å². The van der Waals surface area contributed by atoms with Crippen molar-refractivity contribution >= 4 is 17.9 Å². The quantitative estimate of drug-likeness (QED) is 0.830. The summed E-state index contributed by atoms with van der Waals surface area (Å²) in [5.41, 5.74) is 0. The Hall–Kier alpha value is -2.04. The van der Waals surface area contributed by atoms with E-state index in [1.54, 1.807) is 24.5 Å². The van der Waals surface area contributed by atoms with E-state index in [-0.39, 0.29) is 17.9 Å². The summed E-state index contributed by atoms with van der Waals surface area (Å²) in [5.74, 6) is 1.22. The van der Waals surface area contributed by atoms with Crippen LogP contribution in [0.15, 0.2) is 28.9 Å². The zero-order valence-electron chi connectivity index (χ0n) is 11.2. The van der Waals surface area contributed by atoms with Crippen molar-refractivity contribution in [2.24, 2.45) is 5.92 Å². The fourth-order valence-corrected chi connectivity index (χ4v) is 2.96. The third kappa shape index (κ3) is 2.76. The molecule has 2 aliphatic heterocycles. The molecular formula is C15H18N2O3. The molecule has 0 aromatic carbocycles. The largest absolute Gasteiger partial charge is 0.465 e. The van der Waals surface area contributed by atoms with Crippen molar-refractivity contribution in [1.29, 1.82) is 0 Å². The van der Waals surface area contributed by atoms with Crippen LogP contribution in [0, 0.1) is 5.92 Å². The Morgan fingerprint density at radius 3 is 3.15 bits per heavy atom. The van der Waals surface area contributed by atoms with E-state index in [1.807, 2.05) is 11.0 Å². The number of furan rings is 1. The minimum atomic E-state index is 0.0109. The molecule has 0 spiro atoms. The van der Waals surface area contributed by atoms with Crippen LogP contribution < -0.4 is 5.32 Å². The monoisotopic (exact) mass is 274 g/mol. The van der Waals surface area contributed by atoms with Crippen molar-refractivity contribution in [3.63, 3.8) is 0 Å². The number of rotatable bonds is 2. The maximum absolute atomic E-state index is 12.1. The first-order valence-corrected chi connectivity index (χ1v) is 7.02. The molecule has 2 amide bonds. The van der Waals surface area contributed by atoms with Crippen LogP contribution in [0.3, 0.4) is 0 Å². The predicted octanol–water partition coefficient (Wildman–Crippen LogP) is 1.42. The lowest BCUT2D eigenvalue weighted by atomic mass is 9.85. The Labute approximate surface area is 117 Å². The summed E-state index contributed by atoms with van der Waals surface area (Å²) in [6.45, 7) is 1.43. The first kappa shape index (κ1) is 13.0. The standard InChI is InChI=1S/C15H18N2O3/c18-14-5-3-11-10-17(8-7-13(11)16-14)15(19)6-4-12-2-1-9-20-12/h1-2,4,6,9,11,13H,3,5,7-8,10H2,(H,16,18)/b6-4+. The van der Waals surface area contributed by atoms with Gasteiger partial charge in [-0.2, -0.15) is 0 Å². The van der Waals surface area contributed by atoms with E-state index in [0.29, 0.717) is 24.6 Å². The molecule has 2 saturated heterocycles. The van der Waals surface area contributed by atoms with Gasteiger partial charge in [0.05, 0.1) is 6.26 Å². The number of likely N-dealkylation sites (tertiary alicyclic amines) is 1. The van der Waals surface area contributed by atoms with Crippen LogP contribution in [-0.4, -0.2) is 35.8 Å². The Bertz CT molecular complexity index is 521. The molecule has 5 nitrogen and oxygen atoms in total. The predicted molar refractivity (Wildman–Crippen MR) is 73.6 cm³/mol. The average molecular weight is 274 g/mol. The smallest absolute Gasteiger partial charge is 0.246 e. The molecule has 2 fully saturated rings. The van der Waals surface area contributed by atoms with E-state index < -0.39 is 0 Å². The van der Waals surface area contributed by atoms with Crippen LogP contribution in [-0.2, 0) is 9.59 Å². The lowest BCUT2D eigenvalue weighted by molar-refractivity contribution is -0.130. The highest BCUT2D eigenvalue weighted by Gasteiger charge is 2.34. The Morgan fingerprint density at radius 1 is 1.45 bits per heavy atom. The zero-order valence-corrected chi connectivity index (χ0v) is 11.2. The molecule has 0 saturated carbocycles. The van der Waals surface area contributed by atoms with Crippen molar-refractivity contribution < 1.29 is 14.0 Å². The number of carbonyl (C=O) groups excluding carboxylic acids is 2. The third-order valence-corrected chi connectivity index (χ3v) is 4.07. The van der Waals surface area contributed by atoms with E-state index in [9.17, 15) is 9.59 Å². The van der Waals surface area contributed by atoms with Crippen LogP contribution in [0.4, 0.5) is 0 Å². The highest BCUT2D eigenvalue weighted by molar-refractivity contribution is 5.91. The van der Waals surface area contributed by atoms with Gasteiger partial charge in [-0.1, -0.05) is 0 Å². The maximum atomic E-state index is 12.1. The Morgan fingerprint density at radius 2 is 2.35 bits per heavy atom. The van der Waals surface area contributed by atoms with Gasteiger partial charge in [0, 0.05) is 31.6 Å². The molecule has 2 aliphatic rings. The second-order valence-electron chi connectivity index (χ2n) is 5.39. The Kier molecular flexibility index (Phi) is 3.58. The summed E-state index contributed by atoms with van der Waals surface area (Å²) in [6.07, 6.45) is 7.13. The summed E-state index contributed by atoms with van der Waals surface area (Å²) in [4.78, 5) is 25.4. The molecule has 2 unspecified atom stereocenters. The fourth-order valence-electron chi connectivity index (χ4n) is 2.96. The molecule has 0 bridgehead atoms. The van der Waals surface area contributed by atoms with Crippen molar-refractivity contribution in [2.75, 3.05) is 13.1 Å². The molecule has 5 heteroatoms. The van der Waals surface area contributed by atoms with Crippen molar-refractivity contribution in [3.8, 4) is 0 Å². The number of hydrogen-bond acceptors (Lipinski definition) is 3. The van der Waals surface area contributed by atoms with E-state index in [2.05, 4.69) is 5.32 Å². The summed E-state index contributed by atoms with van der Waals surface area (Å²) >= 11 is 0. The van der Waals surface area contributed by atoms with Gasteiger partial charge in [-0.05, 0) is 37.0 Å². The number of carbonyl (C=O) groups is 2. The first-order valence-electron chi connectivity index (χ1n) is 7.02. The first-order chi connectivity index (χ1) is 9.72. The van der Waals surface area contributed by atoms with Gasteiger partial charge in [0.1, 0.15) is 5.76 Å². The number of piperidine rings is 2. The number of amides is 2. The molecule has 2 atom stereocenters. The normalized spacial score (nSPS) is 26.4. The molecule has 1 aromatic heterocycles. The van der Waals surface area contributed by atoms with Gasteiger partial charge in [0.25, 0.3) is 0 Å². The van der Waals surface area contributed by atoms with E-state index >= 15 is 0 Å². The third-order valence-electron chi connectivity index (χ3n) is 4.07. The number of nitrogens with zero attached hydrogens (tertiary/aromatic N) is 1. The minimum absolute atomic E-state index is 0.0109. The number of fused-ring (bicyclic) bond motifs is 1. The maximum Gasteiger partial charge on any atom is 0.246 e. The Balaban J connectivity index is 1.59. The number of nitrogens with one attached hydrogen (secondary N) is 1. The van der Waals surface area contributed by atoms with E-state index in [4.69, 9.17) is 4.42 Å². The molecule has 1 N–H and O–H groups in total. The van der Waals surface area contributed by atoms with Gasteiger partial charge in [-0.15, -0.1) is 0 Å². The van der Waals surface area contributed by atoms with Gasteiger partial charge in [-0.25, -0.2) is 0 Å². The zero-order chi connectivity index (χ0) is 13.9. The van der Waals surface area contributed by atoms with Gasteiger partial charge < -0.3 is 14.6 Å². The van der Waals surface area contributed by atoms with Crippen molar-refractivity contribution in [2.45, 2.75) is 25.3 Å². The van der Waals surface area contributed by atoms with Crippen molar-refractivity contribution in [3.05, 3.63) is 30.2 Å². The van der Waals surface area contributed by atoms with Crippen molar-refractivity contribution in [1.82, 2.24) is 10.2 Å². The molecule has 3 rings (SSSR count). The lowest BCUT2D eigenvalue weighted by Gasteiger charge is -2.41. The second kappa shape index (κ2) is 5.53. The van der Waals surface area contributed by atoms with Gasteiger partial charge in [0.15, 0.2) is 0 Å². The molecule has 106 valence electrons. The summed E-state index contributed by atoms with van der Waals surface area (Å²) in [7, 11) is 0. The second-order valence-corrected chi connectivity index (χ2v) is 5.39. The molecular weight excluding hydrogens is 256 g/mol. The van der Waals surface area contributed by atoms with Gasteiger partial charge in [-0.3, -0.25) is 9.59 Å². The minimum Gasteiger partial charge on any atom is -0.465 e. The summed E-state index contributed by atoms with van der Waals surface area (Å²) in [5, 5.41) is 3.02. The SMILES string of the molecule is O=C1CCC2CN(C(=O)/C=C/c3ccco3)CCC2N1. The van der Waals surface area contributed by atoms with E-state index in [1.165, 1.54) is 0 Å². The molecule has 0 radical (unpaired) electrons. The van der Waals surface area contributed by atoms with Crippen LogP contribution in [0.25, 0.3) is 6.08 Å². The molecule has 0 aliphatic carbocycles. The van der Waals surface area contributed by atoms with Crippen LogP contribution >= 0.6 is 0 Å². The van der Waals surface area contributed by atoms with E-state index in [0.717, 1.165) is 19.4 Å². The molecule has 3 heterocycles. The van der Waals surface area contributed by atoms with Gasteiger partial charge >= 0.3 is 0 Å². The summed E-state index contributed by atoms with van der Waals surface area (Å²) < 4.78 is 5.16. The highest BCUT2D eigenvalue weighted by atomic mass is 16.3. The van der Waals surface area contributed by atoms with Crippen LogP contribution in [0.5, 0.6) is 0 Å². The van der Waals surface area contributed by atoms with Gasteiger partial charge in [0.2, 0.25) is 11.8 Å². The number of hydrogen-bond donors (Lipinski definition) is 1. The van der Waals surface area contributed by atoms with Crippen LogP contribution in [0.1, 0.15) is 25.0 Å². The highest BCUT2D eigenvalue weighted by Crippen LogP contribution is 2.25. The molecule has 20 heavy (non-hydrogen) atoms. The average Bonchev–Trinajstić information content (AvgIpc) is 2.97. The van der Waals surface area contributed by atoms with Crippen LogP contribution in [0.2, 0.25) is 0 Å².